The summed E-state index contributed by atoms with van der Waals surface area (Å²) in [6.45, 7) is 14.3. The van der Waals surface area contributed by atoms with Crippen LogP contribution >= 0.6 is 0 Å². The Morgan fingerprint density at radius 3 is 2.71 bits per heavy atom. The highest BCUT2D eigenvalue weighted by Crippen LogP contribution is 2.22. The van der Waals surface area contributed by atoms with Gasteiger partial charge in [-0.05, 0) is 24.3 Å². The summed E-state index contributed by atoms with van der Waals surface area (Å²) in [7, 11) is 0. The Kier molecular flexibility index (Phi) is 5.19. The van der Waals surface area contributed by atoms with Crippen LogP contribution in [0.25, 0.3) is 0 Å². The highest BCUT2D eigenvalue weighted by molar-refractivity contribution is 4.98. The smallest absolute Gasteiger partial charge is 0.0948 e. The Labute approximate surface area is 106 Å². The molecule has 1 aromatic rings. The van der Waals surface area contributed by atoms with Gasteiger partial charge in [0.05, 0.1) is 12.0 Å². The Bertz CT molecular complexity index is 326. The van der Waals surface area contributed by atoms with Crippen molar-refractivity contribution in [1.82, 2.24) is 14.9 Å². The highest BCUT2D eigenvalue weighted by atomic mass is 15.1. The molecule has 0 aliphatic heterocycles. The molecule has 1 N–H and O–H groups in total. The molecule has 17 heavy (non-hydrogen) atoms. The number of rotatable bonds is 7. The third-order valence-corrected chi connectivity index (χ3v) is 3.21. The average Bonchev–Trinajstić information content (AvgIpc) is 2.65. The molecule has 1 rings (SSSR count). The summed E-state index contributed by atoms with van der Waals surface area (Å²) in [6.07, 6.45) is 5.10. The molecule has 0 amide bonds. The molecule has 0 aromatic carbocycles. The molecule has 0 saturated carbocycles. The molecule has 1 aromatic heterocycles. The minimum atomic E-state index is 0.341. The first-order chi connectivity index (χ1) is 7.94. The molecule has 1 heterocycles. The Morgan fingerprint density at radius 2 is 2.12 bits per heavy atom. The van der Waals surface area contributed by atoms with Gasteiger partial charge in [-0.25, -0.2) is 4.98 Å². The summed E-state index contributed by atoms with van der Waals surface area (Å²) >= 11 is 0. The van der Waals surface area contributed by atoms with Crippen LogP contribution in [0.3, 0.4) is 0 Å². The van der Waals surface area contributed by atoms with Crippen LogP contribution in [0.15, 0.2) is 12.5 Å². The molecule has 0 aliphatic carbocycles. The van der Waals surface area contributed by atoms with Gasteiger partial charge in [-0.15, -0.1) is 0 Å². The molecule has 0 fully saturated rings. The maximum atomic E-state index is 4.26. The lowest BCUT2D eigenvalue weighted by atomic mass is 9.90. The van der Waals surface area contributed by atoms with Gasteiger partial charge in [-0.1, -0.05) is 34.6 Å². The lowest BCUT2D eigenvalue weighted by Crippen LogP contribution is -2.24. The van der Waals surface area contributed by atoms with Crippen molar-refractivity contribution in [2.75, 3.05) is 6.54 Å². The van der Waals surface area contributed by atoms with Crippen molar-refractivity contribution in [2.24, 2.45) is 11.3 Å². The van der Waals surface area contributed by atoms with Crippen molar-refractivity contribution in [2.45, 2.75) is 54.1 Å². The van der Waals surface area contributed by atoms with Crippen molar-refractivity contribution in [1.29, 1.82) is 0 Å². The first-order valence-electron chi connectivity index (χ1n) is 6.64. The van der Waals surface area contributed by atoms with Crippen LogP contribution in [0, 0.1) is 11.3 Å². The number of nitrogens with zero attached hydrogens (tertiary/aromatic N) is 2. The molecule has 0 atom stereocenters. The van der Waals surface area contributed by atoms with Crippen molar-refractivity contribution in [3.8, 4) is 0 Å². The van der Waals surface area contributed by atoms with Gasteiger partial charge in [-0.3, -0.25) is 0 Å². The first kappa shape index (κ1) is 14.2. The predicted molar refractivity (Wildman–Crippen MR) is 72.8 cm³/mol. The molecular weight excluding hydrogens is 210 g/mol. The van der Waals surface area contributed by atoms with Gasteiger partial charge in [0.2, 0.25) is 0 Å². The van der Waals surface area contributed by atoms with Crippen LogP contribution in [-0.2, 0) is 13.1 Å². The Morgan fingerprint density at radius 1 is 1.41 bits per heavy atom. The second kappa shape index (κ2) is 6.20. The van der Waals surface area contributed by atoms with E-state index in [1.165, 1.54) is 12.1 Å². The van der Waals surface area contributed by atoms with Crippen LogP contribution in [-0.4, -0.2) is 16.1 Å². The van der Waals surface area contributed by atoms with Crippen molar-refractivity contribution >= 4 is 0 Å². The normalized spacial score (nSPS) is 12.4. The molecule has 98 valence electrons. The van der Waals surface area contributed by atoms with E-state index in [2.05, 4.69) is 49.5 Å². The standard InChI is InChI=1S/C14H27N3/c1-6-14(4,5)10-17-11-16-9-13(17)8-15-7-12(2)3/h9,11-12,15H,6-8,10H2,1-5H3. The van der Waals surface area contributed by atoms with Crippen LogP contribution < -0.4 is 5.32 Å². The van der Waals surface area contributed by atoms with Crippen molar-refractivity contribution < 1.29 is 0 Å². The van der Waals surface area contributed by atoms with E-state index in [1.807, 2.05) is 12.5 Å². The zero-order valence-corrected chi connectivity index (χ0v) is 12.0. The summed E-state index contributed by atoms with van der Waals surface area (Å²) < 4.78 is 2.27. The topological polar surface area (TPSA) is 29.9 Å². The minimum Gasteiger partial charge on any atom is -0.333 e. The molecule has 0 radical (unpaired) electrons. The van der Waals surface area contributed by atoms with Gasteiger partial charge in [0.25, 0.3) is 0 Å². The van der Waals surface area contributed by atoms with Gasteiger partial charge >= 0.3 is 0 Å². The molecule has 0 spiro atoms. The van der Waals surface area contributed by atoms with E-state index in [4.69, 9.17) is 0 Å². The number of nitrogens with one attached hydrogen (secondary N) is 1. The van der Waals surface area contributed by atoms with Crippen LogP contribution in [0.5, 0.6) is 0 Å². The molecular formula is C14H27N3. The number of aromatic nitrogens is 2. The van der Waals surface area contributed by atoms with Crippen molar-refractivity contribution in [3.63, 3.8) is 0 Å². The second-order valence-electron chi connectivity index (χ2n) is 6.06. The summed E-state index contributed by atoms with van der Waals surface area (Å²) in [4.78, 5) is 4.26. The van der Waals surface area contributed by atoms with E-state index < -0.39 is 0 Å². The maximum Gasteiger partial charge on any atom is 0.0948 e. The van der Waals surface area contributed by atoms with Gasteiger partial charge in [-0.2, -0.15) is 0 Å². The molecule has 3 nitrogen and oxygen atoms in total. The largest absolute Gasteiger partial charge is 0.333 e. The third-order valence-electron chi connectivity index (χ3n) is 3.21. The zero-order chi connectivity index (χ0) is 12.9. The minimum absolute atomic E-state index is 0.341. The second-order valence-corrected chi connectivity index (χ2v) is 6.06. The van der Waals surface area contributed by atoms with Crippen LogP contribution in [0.1, 0.15) is 46.7 Å². The summed E-state index contributed by atoms with van der Waals surface area (Å²) in [5, 5.41) is 3.47. The highest BCUT2D eigenvalue weighted by Gasteiger charge is 2.17. The fraction of sp³-hybridized carbons (Fsp3) is 0.786. The molecule has 0 aliphatic rings. The van der Waals surface area contributed by atoms with Gasteiger partial charge in [0.1, 0.15) is 0 Å². The number of hydrogen-bond donors (Lipinski definition) is 1. The molecule has 0 bridgehead atoms. The van der Waals surface area contributed by atoms with Gasteiger partial charge in [0.15, 0.2) is 0 Å². The van der Waals surface area contributed by atoms with E-state index in [-0.39, 0.29) is 0 Å². The van der Waals surface area contributed by atoms with E-state index in [0.717, 1.165) is 19.6 Å². The van der Waals surface area contributed by atoms with E-state index >= 15 is 0 Å². The van der Waals surface area contributed by atoms with Crippen LogP contribution in [0.4, 0.5) is 0 Å². The van der Waals surface area contributed by atoms with Crippen LogP contribution in [0.2, 0.25) is 0 Å². The molecule has 3 heteroatoms. The SMILES string of the molecule is CCC(C)(C)Cn1cncc1CNCC(C)C. The number of imidazole rings is 1. The van der Waals surface area contributed by atoms with E-state index in [9.17, 15) is 0 Å². The molecule has 0 saturated heterocycles. The Hall–Kier alpha value is -0.830. The number of hydrogen-bond acceptors (Lipinski definition) is 2. The fourth-order valence-electron chi connectivity index (χ4n) is 1.70. The van der Waals surface area contributed by atoms with E-state index in [0.29, 0.717) is 11.3 Å². The zero-order valence-electron chi connectivity index (χ0n) is 12.0. The third kappa shape index (κ3) is 4.90. The summed E-state index contributed by atoms with van der Waals surface area (Å²) in [5.41, 5.74) is 1.63. The Balaban J connectivity index is 2.54. The molecule has 0 unspecified atom stereocenters. The summed E-state index contributed by atoms with van der Waals surface area (Å²) in [6, 6.07) is 0. The van der Waals surface area contributed by atoms with Gasteiger partial charge < -0.3 is 9.88 Å². The lowest BCUT2D eigenvalue weighted by Gasteiger charge is -2.24. The maximum absolute atomic E-state index is 4.26. The quantitative estimate of drug-likeness (QED) is 0.790. The lowest BCUT2D eigenvalue weighted by molar-refractivity contribution is 0.289. The van der Waals surface area contributed by atoms with Gasteiger partial charge in [0, 0.05) is 19.3 Å². The predicted octanol–water partition coefficient (Wildman–Crippen LogP) is 3.06. The average molecular weight is 237 g/mol. The first-order valence-corrected chi connectivity index (χ1v) is 6.64. The van der Waals surface area contributed by atoms with Crippen molar-refractivity contribution in [3.05, 3.63) is 18.2 Å². The van der Waals surface area contributed by atoms with E-state index in [1.54, 1.807) is 0 Å². The summed E-state index contributed by atoms with van der Waals surface area (Å²) in [5.74, 6) is 0.693. The monoisotopic (exact) mass is 237 g/mol. The fourth-order valence-corrected chi connectivity index (χ4v) is 1.70.